The molecule has 0 saturated carbocycles. The highest BCUT2D eigenvalue weighted by Gasteiger charge is 2.18. The Balaban J connectivity index is 2.06. The van der Waals surface area contributed by atoms with Crippen molar-refractivity contribution in [2.75, 3.05) is 11.2 Å². The van der Waals surface area contributed by atoms with Gasteiger partial charge in [0.25, 0.3) is 0 Å². The molecule has 1 heterocycles. The van der Waals surface area contributed by atoms with E-state index in [1.54, 1.807) is 0 Å². The summed E-state index contributed by atoms with van der Waals surface area (Å²) in [4.78, 5) is 12.2. The molecule has 3 N–H and O–H groups in total. The van der Waals surface area contributed by atoms with E-state index in [0.29, 0.717) is 5.16 Å². The lowest BCUT2D eigenvalue weighted by molar-refractivity contribution is -0.115. The summed E-state index contributed by atoms with van der Waals surface area (Å²) in [6.07, 6.45) is 1.40. The summed E-state index contributed by atoms with van der Waals surface area (Å²) in [5.41, 5.74) is 2.94. The molecule has 2 rings (SSSR count). The van der Waals surface area contributed by atoms with E-state index in [9.17, 15) is 4.79 Å². The van der Waals surface area contributed by atoms with Crippen LogP contribution in [0.3, 0.4) is 0 Å². The number of nitrogens with one attached hydrogen (secondary N) is 1. The number of rotatable bonds is 4. The minimum atomic E-state index is -0.319. The lowest BCUT2D eigenvalue weighted by atomic mass is 10.1. The standard InChI is InChI=1S/C13H17N5OS/c1-8-5-4-6-9(2)11(8)16-12(19)10(3)20-13-17-15-7-18(13)14/h4-7,10H,14H2,1-3H3,(H,16,19)/t10-/m1/s1. The van der Waals surface area contributed by atoms with Crippen LogP contribution in [0.5, 0.6) is 0 Å². The summed E-state index contributed by atoms with van der Waals surface area (Å²) < 4.78 is 1.30. The number of nitrogens with zero attached hydrogens (tertiary/aromatic N) is 3. The largest absolute Gasteiger partial charge is 0.336 e. The van der Waals surface area contributed by atoms with Gasteiger partial charge in [0.05, 0.1) is 5.25 Å². The monoisotopic (exact) mass is 291 g/mol. The van der Waals surface area contributed by atoms with Crippen molar-refractivity contribution in [3.8, 4) is 0 Å². The number of para-hydroxylation sites is 1. The number of hydrogen-bond donors (Lipinski definition) is 2. The number of carbonyl (C=O) groups excluding carboxylic acids is 1. The second-order valence-electron chi connectivity index (χ2n) is 4.54. The molecule has 106 valence electrons. The molecule has 0 unspecified atom stereocenters. The van der Waals surface area contributed by atoms with Gasteiger partial charge in [0.15, 0.2) is 0 Å². The van der Waals surface area contributed by atoms with E-state index in [1.165, 1.54) is 22.8 Å². The average molecular weight is 291 g/mol. The summed E-state index contributed by atoms with van der Waals surface area (Å²) in [5, 5.41) is 10.7. The van der Waals surface area contributed by atoms with E-state index in [4.69, 9.17) is 5.84 Å². The normalized spacial score (nSPS) is 12.2. The van der Waals surface area contributed by atoms with Crippen molar-refractivity contribution in [1.29, 1.82) is 0 Å². The molecule has 0 spiro atoms. The van der Waals surface area contributed by atoms with Gasteiger partial charge in [-0.1, -0.05) is 30.0 Å². The molecule has 2 aromatic rings. The van der Waals surface area contributed by atoms with E-state index in [0.717, 1.165) is 16.8 Å². The van der Waals surface area contributed by atoms with Crippen molar-refractivity contribution in [1.82, 2.24) is 14.9 Å². The maximum Gasteiger partial charge on any atom is 0.237 e. The van der Waals surface area contributed by atoms with Crippen molar-refractivity contribution in [3.05, 3.63) is 35.7 Å². The molecule has 0 aliphatic rings. The Bertz CT molecular complexity index is 605. The van der Waals surface area contributed by atoms with Crippen molar-refractivity contribution >= 4 is 23.4 Å². The number of thioether (sulfide) groups is 1. The van der Waals surface area contributed by atoms with Gasteiger partial charge in [0, 0.05) is 5.69 Å². The first-order valence-electron chi connectivity index (χ1n) is 6.18. The highest BCUT2D eigenvalue weighted by molar-refractivity contribution is 8.00. The molecule has 0 bridgehead atoms. The zero-order valence-corrected chi connectivity index (χ0v) is 12.4. The second kappa shape index (κ2) is 5.96. The molecular formula is C13H17N5OS. The van der Waals surface area contributed by atoms with Gasteiger partial charge in [-0.3, -0.25) is 4.79 Å². The van der Waals surface area contributed by atoms with E-state index < -0.39 is 0 Å². The van der Waals surface area contributed by atoms with Crippen LogP contribution in [0.25, 0.3) is 0 Å². The minimum absolute atomic E-state index is 0.0876. The Kier molecular flexibility index (Phi) is 4.29. The molecule has 0 fully saturated rings. The lowest BCUT2D eigenvalue weighted by Gasteiger charge is -2.14. The fraction of sp³-hybridized carbons (Fsp3) is 0.308. The number of hydrogen-bond acceptors (Lipinski definition) is 5. The Hall–Kier alpha value is -2.02. The quantitative estimate of drug-likeness (QED) is 0.662. The van der Waals surface area contributed by atoms with Crippen LogP contribution in [0, 0.1) is 13.8 Å². The SMILES string of the molecule is Cc1cccc(C)c1NC(=O)[C@@H](C)Sc1nncn1N. The van der Waals surface area contributed by atoms with Crippen molar-refractivity contribution in [3.63, 3.8) is 0 Å². The first kappa shape index (κ1) is 14.4. The summed E-state index contributed by atoms with van der Waals surface area (Å²) >= 11 is 1.27. The van der Waals surface area contributed by atoms with E-state index in [1.807, 2.05) is 39.0 Å². The van der Waals surface area contributed by atoms with Crippen LogP contribution in [0.4, 0.5) is 5.69 Å². The first-order valence-corrected chi connectivity index (χ1v) is 7.06. The average Bonchev–Trinajstić information content (AvgIpc) is 2.79. The minimum Gasteiger partial charge on any atom is -0.336 e. The van der Waals surface area contributed by atoms with Crippen molar-refractivity contribution < 1.29 is 4.79 Å². The molecule has 0 aliphatic heterocycles. The third-order valence-electron chi connectivity index (χ3n) is 2.92. The number of nitrogens with two attached hydrogens (primary N) is 1. The Morgan fingerprint density at radius 3 is 2.60 bits per heavy atom. The molecule has 7 heteroatoms. The van der Waals surface area contributed by atoms with Crippen LogP contribution in [0.1, 0.15) is 18.1 Å². The molecule has 0 saturated heterocycles. The summed E-state index contributed by atoms with van der Waals surface area (Å²) in [5.74, 6) is 5.54. The molecule has 1 atom stereocenters. The van der Waals surface area contributed by atoms with Gasteiger partial charge in [0.2, 0.25) is 11.1 Å². The van der Waals surface area contributed by atoms with Crippen molar-refractivity contribution in [2.24, 2.45) is 0 Å². The van der Waals surface area contributed by atoms with Crippen LogP contribution in [-0.2, 0) is 4.79 Å². The number of benzene rings is 1. The van der Waals surface area contributed by atoms with Gasteiger partial charge in [-0.2, -0.15) is 0 Å². The maximum absolute atomic E-state index is 12.2. The van der Waals surface area contributed by atoms with Crippen LogP contribution in [-0.4, -0.2) is 26.0 Å². The van der Waals surface area contributed by atoms with Crippen molar-refractivity contribution in [2.45, 2.75) is 31.2 Å². The smallest absolute Gasteiger partial charge is 0.237 e. The third kappa shape index (κ3) is 3.11. The molecule has 20 heavy (non-hydrogen) atoms. The molecular weight excluding hydrogens is 274 g/mol. The van der Waals surface area contributed by atoms with Gasteiger partial charge in [-0.25, -0.2) is 4.68 Å². The highest BCUT2D eigenvalue weighted by atomic mass is 32.2. The molecule has 6 nitrogen and oxygen atoms in total. The Morgan fingerprint density at radius 1 is 1.40 bits per heavy atom. The number of anilines is 1. The number of aromatic nitrogens is 3. The highest BCUT2D eigenvalue weighted by Crippen LogP contribution is 2.23. The summed E-state index contributed by atoms with van der Waals surface area (Å²) in [7, 11) is 0. The van der Waals surface area contributed by atoms with Crippen LogP contribution >= 0.6 is 11.8 Å². The number of nitrogen functional groups attached to an aromatic ring is 1. The van der Waals surface area contributed by atoms with Gasteiger partial charge in [0.1, 0.15) is 6.33 Å². The predicted octanol–water partition coefficient (Wildman–Crippen LogP) is 1.73. The number of aryl methyl sites for hydroxylation is 2. The first-order chi connectivity index (χ1) is 9.49. The van der Waals surface area contributed by atoms with Crippen LogP contribution < -0.4 is 11.2 Å². The van der Waals surface area contributed by atoms with Gasteiger partial charge in [-0.05, 0) is 31.9 Å². The molecule has 1 aromatic carbocycles. The number of carbonyl (C=O) groups is 1. The maximum atomic E-state index is 12.2. The zero-order chi connectivity index (χ0) is 14.7. The topological polar surface area (TPSA) is 85.8 Å². The predicted molar refractivity (Wildman–Crippen MR) is 80.0 cm³/mol. The second-order valence-corrected chi connectivity index (χ2v) is 5.84. The Labute approximate surface area is 121 Å². The van der Waals surface area contributed by atoms with E-state index in [2.05, 4.69) is 15.5 Å². The van der Waals surface area contributed by atoms with Crippen LogP contribution in [0.15, 0.2) is 29.7 Å². The summed E-state index contributed by atoms with van der Waals surface area (Å²) in [6, 6.07) is 5.91. The molecule has 1 amide bonds. The molecule has 0 aliphatic carbocycles. The summed E-state index contributed by atoms with van der Waals surface area (Å²) in [6.45, 7) is 5.75. The van der Waals surface area contributed by atoms with Crippen LogP contribution in [0.2, 0.25) is 0 Å². The lowest BCUT2D eigenvalue weighted by Crippen LogP contribution is -2.24. The van der Waals surface area contributed by atoms with Gasteiger partial charge < -0.3 is 11.2 Å². The molecule has 0 radical (unpaired) electrons. The number of amides is 1. The van der Waals surface area contributed by atoms with E-state index in [-0.39, 0.29) is 11.2 Å². The fourth-order valence-corrected chi connectivity index (χ4v) is 2.51. The van der Waals surface area contributed by atoms with Gasteiger partial charge in [-0.15, -0.1) is 10.2 Å². The Morgan fingerprint density at radius 2 is 2.05 bits per heavy atom. The fourth-order valence-electron chi connectivity index (χ4n) is 1.76. The molecule has 1 aromatic heterocycles. The van der Waals surface area contributed by atoms with E-state index >= 15 is 0 Å². The zero-order valence-electron chi connectivity index (χ0n) is 11.6. The van der Waals surface area contributed by atoms with Gasteiger partial charge >= 0.3 is 0 Å². The third-order valence-corrected chi connectivity index (χ3v) is 3.99.